The van der Waals surface area contributed by atoms with Crippen LogP contribution in [0, 0.1) is 0 Å². The Balaban J connectivity index is 1.92. The lowest BCUT2D eigenvalue weighted by atomic mass is 10.2. The third-order valence-corrected chi connectivity index (χ3v) is 6.64. The number of alkyl halides is 3. The lowest BCUT2D eigenvalue weighted by Gasteiger charge is -2.24. The zero-order valence-corrected chi connectivity index (χ0v) is 19.4. The molecular weight excluding hydrogens is 493 g/mol. The molecule has 0 aliphatic carbocycles. The van der Waals surface area contributed by atoms with E-state index < -0.39 is 34.2 Å². The Labute approximate surface area is 200 Å². The molecule has 0 bridgehead atoms. The van der Waals surface area contributed by atoms with Crippen molar-refractivity contribution in [2.75, 3.05) is 22.8 Å². The number of benzene rings is 3. The van der Waals surface area contributed by atoms with E-state index in [-0.39, 0.29) is 16.3 Å². The summed E-state index contributed by atoms with van der Waals surface area (Å²) < 4.78 is 71.9. The van der Waals surface area contributed by atoms with Gasteiger partial charge in [0.15, 0.2) is 0 Å². The molecule has 0 spiro atoms. The van der Waals surface area contributed by atoms with E-state index in [2.05, 4.69) is 5.32 Å². The largest absolute Gasteiger partial charge is 0.494 e. The van der Waals surface area contributed by atoms with E-state index in [1.54, 1.807) is 19.1 Å². The van der Waals surface area contributed by atoms with Crippen molar-refractivity contribution in [1.29, 1.82) is 0 Å². The number of nitrogens with one attached hydrogen (secondary N) is 1. The van der Waals surface area contributed by atoms with Crippen LogP contribution in [0.1, 0.15) is 12.5 Å². The number of nitrogens with zero attached hydrogens (tertiary/aromatic N) is 1. The first-order valence-electron chi connectivity index (χ1n) is 9.99. The zero-order valence-electron chi connectivity index (χ0n) is 17.8. The van der Waals surface area contributed by atoms with Gasteiger partial charge in [-0.15, -0.1) is 0 Å². The van der Waals surface area contributed by atoms with Crippen molar-refractivity contribution in [3.63, 3.8) is 0 Å². The Morgan fingerprint density at radius 1 is 1.03 bits per heavy atom. The number of halogens is 4. The molecule has 3 aromatic rings. The molecule has 0 radical (unpaired) electrons. The highest BCUT2D eigenvalue weighted by atomic mass is 35.5. The molecule has 0 fully saturated rings. The number of hydrogen-bond donors (Lipinski definition) is 1. The van der Waals surface area contributed by atoms with Crippen LogP contribution in [0.4, 0.5) is 24.5 Å². The fraction of sp³-hybridized carbons (Fsp3) is 0.174. The van der Waals surface area contributed by atoms with Crippen LogP contribution in [0.25, 0.3) is 0 Å². The highest BCUT2D eigenvalue weighted by molar-refractivity contribution is 7.92. The Bertz CT molecular complexity index is 1250. The molecule has 0 aliphatic heterocycles. The molecule has 0 heterocycles. The molecule has 6 nitrogen and oxygen atoms in total. The summed E-state index contributed by atoms with van der Waals surface area (Å²) in [5, 5.41) is 2.66. The van der Waals surface area contributed by atoms with Gasteiger partial charge < -0.3 is 10.1 Å². The van der Waals surface area contributed by atoms with Crippen molar-refractivity contribution >= 4 is 38.9 Å². The number of anilines is 2. The van der Waals surface area contributed by atoms with Gasteiger partial charge in [-0.1, -0.05) is 17.7 Å². The maximum atomic E-state index is 13.4. The molecule has 1 amide bonds. The van der Waals surface area contributed by atoms with Gasteiger partial charge in [0.05, 0.1) is 22.8 Å². The van der Waals surface area contributed by atoms with E-state index >= 15 is 0 Å². The van der Waals surface area contributed by atoms with Crippen LogP contribution < -0.4 is 14.4 Å². The van der Waals surface area contributed by atoms with Crippen molar-refractivity contribution in [2.45, 2.75) is 18.0 Å². The summed E-state index contributed by atoms with van der Waals surface area (Å²) in [6, 6.07) is 15.5. The van der Waals surface area contributed by atoms with Crippen molar-refractivity contribution in [3.05, 3.63) is 83.4 Å². The molecule has 0 saturated heterocycles. The second-order valence-electron chi connectivity index (χ2n) is 7.02. The van der Waals surface area contributed by atoms with E-state index in [1.807, 2.05) is 0 Å². The zero-order chi connectivity index (χ0) is 24.9. The second kappa shape index (κ2) is 10.4. The van der Waals surface area contributed by atoms with Gasteiger partial charge in [-0.25, -0.2) is 8.42 Å². The first-order chi connectivity index (χ1) is 16.0. The number of carbonyl (C=O) groups excluding carboxylic acids is 1. The molecule has 0 aliphatic rings. The van der Waals surface area contributed by atoms with Crippen molar-refractivity contribution in [1.82, 2.24) is 0 Å². The Morgan fingerprint density at radius 2 is 1.68 bits per heavy atom. The van der Waals surface area contributed by atoms with Gasteiger partial charge in [-0.05, 0) is 73.7 Å². The van der Waals surface area contributed by atoms with Crippen LogP contribution in [-0.2, 0) is 21.0 Å². The standard InChI is InChI=1S/C23H20ClF3N2O4S/c1-2-33-20-10-8-19(9-11-20)29(34(31,32)21-12-6-17(24)7-13-21)15-22(30)28-18-5-3-4-16(14-18)23(25,26)27/h3-14H,2,15H2,1H3,(H,28,30). The minimum atomic E-state index is -4.59. The van der Waals surface area contributed by atoms with Gasteiger partial charge in [0.1, 0.15) is 12.3 Å². The first-order valence-corrected chi connectivity index (χ1v) is 11.8. The van der Waals surface area contributed by atoms with Crippen molar-refractivity contribution in [2.24, 2.45) is 0 Å². The highest BCUT2D eigenvalue weighted by Gasteiger charge is 2.31. The topological polar surface area (TPSA) is 75.7 Å². The Hall–Kier alpha value is -3.24. The molecule has 0 unspecified atom stereocenters. The van der Waals surface area contributed by atoms with E-state index in [0.717, 1.165) is 22.5 Å². The molecule has 34 heavy (non-hydrogen) atoms. The maximum absolute atomic E-state index is 13.4. The summed E-state index contributed by atoms with van der Waals surface area (Å²) in [6.45, 7) is 1.52. The lowest BCUT2D eigenvalue weighted by Crippen LogP contribution is -2.38. The summed E-state index contributed by atoms with van der Waals surface area (Å²) in [6.07, 6.45) is -4.59. The quantitative estimate of drug-likeness (QED) is 0.427. The molecular formula is C23H20ClF3N2O4S. The van der Waals surface area contributed by atoms with Crippen LogP contribution in [0.15, 0.2) is 77.7 Å². The molecule has 1 N–H and O–H groups in total. The Morgan fingerprint density at radius 3 is 2.26 bits per heavy atom. The van der Waals surface area contributed by atoms with Crippen LogP contribution in [0.3, 0.4) is 0 Å². The van der Waals surface area contributed by atoms with Gasteiger partial charge in [0.2, 0.25) is 5.91 Å². The third kappa shape index (κ3) is 6.21. The van der Waals surface area contributed by atoms with E-state index in [1.165, 1.54) is 42.5 Å². The fourth-order valence-electron chi connectivity index (χ4n) is 3.03. The Kier molecular flexibility index (Phi) is 7.73. The first kappa shape index (κ1) is 25.4. The van der Waals surface area contributed by atoms with E-state index in [0.29, 0.717) is 17.4 Å². The van der Waals surface area contributed by atoms with Gasteiger partial charge in [-0.3, -0.25) is 9.10 Å². The van der Waals surface area contributed by atoms with Crippen molar-refractivity contribution in [3.8, 4) is 5.75 Å². The average molecular weight is 513 g/mol. The minimum absolute atomic E-state index is 0.113. The second-order valence-corrected chi connectivity index (χ2v) is 9.32. The number of ether oxygens (including phenoxy) is 1. The van der Waals surface area contributed by atoms with Crippen molar-refractivity contribution < 1.29 is 31.1 Å². The smallest absolute Gasteiger partial charge is 0.416 e. The lowest BCUT2D eigenvalue weighted by molar-refractivity contribution is -0.137. The number of rotatable bonds is 8. The average Bonchev–Trinajstić information content (AvgIpc) is 2.78. The maximum Gasteiger partial charge on any atom is 0.416 e. The summed E-state index contributed by atoms with van der Waals surface area (Å²) in [4.78, 5) is 12.6. The number of hydrogen-bond acceptors (Lipinski definition) is 4. The van der Waals surface area contributed by atoms with Gasteiger partial charge in [0, 0.05) is 10.7 Å². The normalized spacial score (nSPS) is 11.7. The predicted molar refractivity (Wildman–Crippen MR) is 124 cm³/mol. The highest BCUT2D eigenvalue weighted by Crippen LogP contribution is 2.31. The molecule has 3 aromatic carbocycles. The third-order valence-electron chi connectivity index (χ3n) is 4.60. The number of carbonyl (C=O) groups is 1. The molecule has 11 heteroatoms. The van der Waals surface area contributed by atoms with Crippen LogP contribution in [-0.4, -0.2) is 27.5 Å². The summed E-state index contributed by atoms with van der Waals surface area (Å²) in [7, 11) is -4.22. The van der Waals surface area contributed by atoms with Crippen LogP contribution >= 0.6 is 11.6 Å². The summed E-state index contributed by atoms with van der Waals surface area (Å²) in [5.41, 5.74) is -0.893. The minimum Gasteiger partial charge on any atom is -0.494 e. The molecule has 0 atom stereocenters. The fourth-order valence-corrected chi connectivity index (χ4v) is 4.58. The number of sulfonamides is 1. The van der Waals surface area contributed by atoms with Crippen LogP contribution in [0.5, 0.6) is 5.75 Å². The number of amides is 1. The van der Waals surface area contributed by atoms with Crippen LogP contribution in [0.2, 0.25) is 5.02 Å². The van der Waals surface area contributed by atoms with Gasteiger partial charge >= 0.3 is 6.18 Å². The van der Waals surface area contributed by atoms with Gasteiger partial charge in [0.25, 0.3) is 10.0 Å². The van der Waals surface area contributed by atoms with E-state index in [4.69, 9.17) is 16.3 Å². The van der Waals surface area contributed by atoms with Gasteiger partial charge in [-0.2, -0.15) is 13.2 Å². The molecule has 0 saturated carbocycles. The molecule has 180 valence electrons. The predicted octanol–water partition coefficient (Wildman–Crippen LogP) is 5.59. The summed E-state index contributed by atoms with van der Waals surface area (Å²) >= 11 is 5.86. The van der Waals surface area contributed by atoms with E-state index in [9.17, 15) is 26.4 Å². The molecule has 0 aromatic heterocycles. The monoisotopic (exact) mass is 512 g/mol. The SMILES string of the molecule is CCOc1ccc(N(CC(=O)Nc2cccc(C(F)(F)F)c2)S(=O)(=O)c2ccc(Cl)cc2)cc1. The summed E-state index contributed by atoms with van der Waals surface area (Å²) in [5.74, 6) is -0.325. The molecule has 3 rings (SSSR count).